The summed E-state index contributed by atoms with van der Waals surface area (Å²) in [4.78, 5) is 29.1. The van der Waals surface area contributed by atoms with Gasteiger partial charge in [0.2, 0.25) is 11.8 Å². The minimum atomic E-state index is -0.631. The lowest BCUT2D eigenvalue weighted by Gasteiger charge is -2.32. The fourth-order valence-corrected chi connectivity index (χ4v) is 4.84. The lowest BCUT2D eigenvalue weighted by Crippen LogP contribution is -2.52. The van der Waals surface area contributed by atoms with E-state index < -0.39 is 6.04 Å². The third-order valence-electron chi connectivity index (χ3n) is 6.51. The van der Waals surface area contributed by atoms with Crippen LogP contribution in [0.15, 0.2) is 78.9 Å². The van der Waals surface area contributed by atoms with Gasteiger partial charge in [0.15, 0.2) is 0 Å². The summed E-state index contributed by atoms with van der Waals surface area (Å²) in [7, 11) is 0. The highest BCUT2D eigenvalue weighted by Gasteiger charge is 2.32. The molecule has 3 aromatic carbocycles. The molecule has 6 heteroatoms. The van der Waals surface area contributed by atoms with E-state index >= 15 is 0 Å². The zero-order valence-corrected chi connectivity index (χ0v) is 21.1. The van der Waals surface area contributed by atoms with E-state index in [0.29, 0.717) is 23.0 Å². The predicted octanol–water partition coefficient (Wildman–Crippen LogP) is 6.23. The van der Waals surface area contributed by atoms with Crippen LogP contribution < -0.4 is 5.32 Å². The van der Waals surface area contributed by atoms with Crippen LogP contribution in [-0.2, 0) is 29.0 Å². The molecule has 1 fully saturated rings. The quantitative estimate of drug-likeness (QED) is 0.372. The van der Waals surface area contributed by atoms with Gasteiger partial charge in [-0.3, -0.25) is 9.59 Å². The summed E-state index contributed by atoms with van der Waals surface area (Å²) in [6, 6.07) is 24.1. The fourth-order valence-electron chi connectivity index (χ4n) is 4.59. The third-order valence-corrected chi connectivity index (χ3v) is 7.01. The van der Waals surface area contributed by atoms with Gasteiger partial charge in [-0.25, -0.2) is 0 Å². The largest absolute Gasteiger partial charge is 0.352 e. The van der Waals surface area contributed by atoms with E-state index in [1.165, 1.54) is 0 Å². The van der Waals surface area contributed by atoms with Gasteiger partial charge >= 0.3 is 0 Å². The van der Waals surface area contributed by atoms with Crippen molar-refractivity contribution in [2.24, 2.45) is 0 Å². The van der Waals surface area contributed by atoms with E-state index in [-0.39, 0.29) is 24.3 Å². The second-order valence-corrected chi connectivity index (χ2v) is 10.0. The predicted molar refractivity (Wildman–Crippen MR) is 141 cm³/mol. The lowest BCUT2D eigenvalue weighted by atomic mass is 10.0. The Bertz CT molecular complexity index is 1110. The summed E-state index contributed by atoms with van der Waals surface area (Å²) < 4.78 is 0. The van der Waals surface area contributed by atoms with Crippen LogP contribution in [0.25, 0.3) is 0 Å². The molecular formula is C29H30Cl2N2O2. The fraction of sp³-hybridized carbons (Fsp3) is 0.310. The van der Waals surface area contributed by atoms with Gasteiger partial charge in [0, 0.05) is 29.1 Å². The van der Waals surface area contributed by atoms with Crippen molar-refractivity contribution >= 4 is 35.0 Å². The number of carbonyl (C=O) groups excluding carboxylic acids is 2. The van der Waals surface area contributed by atoms with Crippen molar-refractivity contribution in [3.63, 3.8) is 0 Å². The molecule has 0 saturated heterocycles. The first-order chi connectivity index (χ1) is 17.0. The van der Waals surface area contributed by atoms with E-state index in [1.54, 1.807) is 17.0 Å². The van der Waals surface area contributed by atoms with Crippen molar-refractivity contribution in [3.05, 3.63) is 106 Å². The van der Waals surface area contributed by atoms with Crippen LogP contribution in [-0.4, -0.2) is 28.8 Å². The van der Waals surface area contributed by atoms with E-state index in [4.69, 9.17) is 23.2 Å². The molecule has 0 radical (unpaired) electrons. The molecular weight excluding hydrogens is 479 g/mol. The maximum atomic E-state index is 13.7. The van der Waals surface area contributed by atoms with Gasteiger partial charge in [0.1, 0.15) is 6.04 Å². The number of amides is 2. The molecule has 2 amide bonds. The SMILES string of the molecule is O=C(NC1CCCC1)C(Cc1ccccc1)N(Cc1ccc(Cl)cc1)C(=O)Cc1ccc(Cl)cc1. The first kappa shape index (κ1) is 25.3. The Balaban J connectivity index is 1.64. The summed E-state index contributed by atoms with van der Waals surface area (Å²) in [5.74, 6) is -0.205. The molecule has 182 valence electrons. The molecule has 1 aliphatic carbocycles. The number of nitrogens with zero attached hydrogens (tertiary/aromatic N) is 1. The second-order valence-electron chi connectivity index (χ2n) is 9.15. The monoisotopic (exact) mass is 508 g/mol. The zero-order valence-electron chi connectivity index (χ0n) is 19.6. The molecule has 1 N–H and O–H groups in total. The topological polar surface area (TPSA) is 49.4 Å². The van der Waals surface area contributed by atoms with Crippen molar-refractivity contribution in [3.8, 4) is 0 Å². The van der Waals surface area contributed by atoms with Gasteiger partial charge in [-0.2, -0.15) is 0 Å². The van der Waals surface area contributed by atoms with Crippen LogP contribution in [0, 0.1) is 0 Å². The zero-order chi connectivity index (χ0) is 24.6. The molecule has 4 nitrogen and oxygen atoms in total. The first-order valence-electron chi connectivity index (χ1n) is 12.1. The maximum Gasteiger partial charge on any atom is 0.243 e. The molecule has 3 aromatic rings. The smallest absolute Gasteiger partial charge is 0.243 e. The van der Waals surface area contributed by atoms with E-state index in [9.17, 15) is 9.59 Å². The lowest BCUT2D eigenvalue weighted by molar-refractivity contribution is -0.141. The number of carbonyl (C=O) groups is 2. The van der Waals surface area contributed by atoms with Crippen LogP contribution in [0.4, 0.5) is 0 Å². The average Bonchev–Trinajstić information content (AvgIpc) is 3.37. The number of hydrogen-bond acceptors (Lipinski definition) is 2. The minimum absolute atomic E-state index is 0.0980. The molecule has 1 saturated carbocycles. The standard InChI is InChI=1S/C29H30Cl2N2O2/c30-24-14-10-22(11-15-24)19-28(34)33(20-23-12-16-25(31)17-13-23)27(18-21-6-2-1-3-7-21)29(35)32-26-8-4-5-9-26/h1-3,6-7,10-17,26-27H,4-5,8-9,18-20H2,(H,32,35). The van der Waals surface area contributed by atoms with Gasteiger partial charge < -0.3 is 10.2 Å². The van der Waals surface area contributed by atoms with E-state index in [0.717, 1.165) is 42.4 Å². The summed E-state index contributed by atoms with van der Waals surface area (Å²) in [5.41, 5.74) is 2.79. The van der Waals surface area contributed by atoms with Gasteiger partial charge in [-0.15, -0.1) is 0 Å². The number of hydrogen-bond donors (Lipinski definition) is 1. The highest BCUT2D eigenvalue weighted by Crippen LogP contribution is 2.21. The number of halogens is 2. The molecule has 1 atom stereocenters. The Morgan fingerprint density at radius 2 is 1.37 bits per heavy atom. The summed E-state index contributed by atoms with van der Waals surface area (Å²) in [6.45, 7) is 0.319. The molecule has 0 bridgehead atoms. The molecule has 0 aliphatic heterocycles. The van der Waals surface area contributed by atoms with Crippen molar-refractivity contribution in [2.75, 3.05) is 0 Å². The molecule has 35 heavy (non-hydrogen) atoms. The molecule has 0 heterocycles. The molecule has 0 spiro atoms. The Morgan fingerprint density at radius 1 is 0.800 bits per heavy atom. The van der Waals surface area contributed by atoms with Gasteiger partial charge in [-0.05, 0) is 53.8 Å². The van der Waals surface area contributed by atoms with Crippen LogP contribution >= 0.6 is 23.2 Å². The molecule has 0 aromatic heterocycles. The highest BCUT2D eigenvalue weighted by atomic mass is 35.5. The normalized spacial score (nSPS) is 14.5. The Hall–Kier alpha value is -2.82. The summed E-state index contributed by atoms with van der Waals surface area (Å²) in [5, 5.41) is 4.48. The van der Waals surface area contributed by atoms with Gasteiger partial charge in [0.05, 0.1) is 6.42 Å². The Morgan fingerprint density at radius 3 is 1.97 bits per heavy atom. The molecule has 1 unspecified atom stereocenters. The van der Waals surface area contributed by atoms with Crippen LogP contribution in [0.5, 0.6) is 0 Å². The second kappa shape index (κ2) is 12.2. The van der Waals surface area contributed by atoms with Crippen LogP contribution in [0.1, 0.15) is 42.4 Å². The maximum absolute atomic E-state index is 13.7. The first-order valence-corrected chi connectivity index (χ1v) is 12.9. The Labute approximate surface area is 217 Å². The number of benzene rings is 3. The average molecular weight is 509 g/mol. The number of nitrogens with one attached hydrogen (secondary N) is 1. The van der Waals surface area contributed by atoms with Crippen molar-refractivity contribution < 1.29 is 9.59 Å². The van der Waals surface area contributed by atoms with Gasteiger partial charge in [-0.1, -0.05) is 90.6 Å². The van der Waals surface area contributed by atoms with Crippen molar-refractivity contribution in [2.45, 2.75) is 57.2 Å². The summed E-state index contributed by atoms with van der Waals surface area (Å²) in [6.07, 6.45) is 4.85. The van der Waals surface area contributed by atoms with Crippen molar-refractivity contribution in [1.82, 2.24) is 10.2 Å². The third kappa shape index (κ3) is 7.33. The van der Waals surface area contributed by atoms with Gasteiger partial charge in [0.25, 0.3) is 0 Å². The van der Waals surface area contributed by atoms with E-state index in [2.05, 4.69) is 5.32 Å². The van der Waals surface area contributed by atoms with E-state index in [1.807, 2.05) is 66.7 Å². The minimum Gasteiger partial charge on any atom is -0.352 e. The molecule has 4 rings (SSSR count). The Kier molecular flexibility index (Phi) is 8.84. The van der Waals surface area contributed by atoms with Crippen molar-refractivity contribution in [1.29, 1.82) is 0 Å². The summed E-state index contributed by atoms with van der Waals surface area (Å²) >= 11 is 12.1. The van der Waals surface area contributed by atoms with Crippen LogP contribution in [0.3, 0.4) is 0 Å². The van der Waals surface area contributed by atoms with Crippen LogP contribution in [0.2, 0.25) is 10.0 Å². The molecule has 1 aliphatic rings. The highest BCUT2D eigenvalue weighted by molar-refractivity contribution is 6.30. The number of rotatable bonds is 9.